The quantitative estimate of drug-likeness (QED) is 0.771. The first-order chi connectivity index (χ1) is 8.24. The molecule has 2 atom stereocenters. The van der Waals surface area contributed by atoms with Gasteiger partial charge >= 0.3 is 0 Å². The summed E-state index contributed by atoms with van der Waals surface area (Å²) in [5, 5.41) is 10.7. The molecule has 0 radical (unpaired) electrons. The lowest BCUT2D eigenvalue weighted by molar-refractivity contribution is -0.120. The molecule has 6 nitrogen and oxygen atoms in total. The lowest BCUT2D eigenvalue weighted by atomic mass is 10.2. The molecule has 0 aromatic carbocycles. The zero-order valence-corrected chi connectivity index (χ0v) is 9.96. The molecule has 0 bridgehead atoms. The van der Waals surface area contributed by atoms with E-state index in [1.807, 2.05) is 6.92 Å². The molecule has 0 saturated carbocycles. The van der Waals surface area contributed by atoms with Gasteiger partial charge in [-0.15, -0.1) is 5.10 Å². The predicted octanol–water partition coefficient (Wildman–Crippen LogP) is -0.184. The number of nitrogens with zero attached hydrogens (tertiary/aromatic N) is 3. The summed E-state index contributed by atoms with van der Waals surface area (Å²) in [6.45, 7) is 2.82. The van der Waals surface area contributed by atoms with Crippen LogP contribution in [-0.4, -0.2) is 48.4 Å². The molecule has 1 aliphatic rings. The fourth-order valence-corrected chi connectivity index (χ4v) is 1.85. The van der Waals surface area contributed by atoms with Crippen molar-refractivity contribution in [2.45, 2.75) is 19.0 Å². The van der Waals surface area contributed by atoms with Crippen molar-refractivity contribution in [1.29, 1.82) is 0 Å². The maximum Gasteiger partial charge on any atom is 0.248 e. The lowest BCUT2D eigenvalue weighted by Crippen LogP contribution is -2.49. The van der Waals surface area contributed by atoms with Gasteiger partial charge < -0.3 is 10.1 Å². The van der Waals surface area contributed by atoms with Crippen LogP contribution in [0.1, 0.15) is 6.92 Å². The Hall–Kier alpha value is -1.53. The second kappa shape index (κ2) is 5.20. The second-order valence-corrected chi connectivity index (χ2v) is 4.02. The van der Waals surface area contributed by atoms with Gasteiger partial charge in [0.25, 0.3) is 0 Å². The minimum absolute atomic E-state index is 0.0296. The fraction of sp³-hybridized carbons (Fsp3) is 0.545. The fourth-order valence-electron chi connectivity index (χ4n) is 1.85. The third kappa shape index (κ3) is 2.42. The standard InChI is InChI=1S/C11H16N4O2/c1-8-6-17-7-9(12-2)11(16)15(8)10-4-3-5-13-14-10/h3-5,8-9,12H,6-7H2,1-2H3. The number of ether oxygens (including phenoxy) is 1. The molecule has 1 aromatic heterocycles. The van der Waals surface area contributed by atoms with Crippen molar-refractivity contribution in [3.63, 3.8) is 0 Å². The first-order valence-electron chi connectivity index (χ1n) is 5.60. The molecule has 1 aromatic rings. The van der Waals surface area contributed by atoms with Gasteiger partial charge in [0.15, 0.2) is 5.82 Å². The predicted molar refractivity (Wildman–Crippen MR) is 62.6 cm³/mol. The molecule has 1 fully saturated rings. The molecule has 1 amide bonds. The average Bonchev–Trinajstić information content (AvgIpc) is 2.49. The molecule has 1 saturated heterocycles. The van der Waals surface area contributed by atoms with Crippen molar-refractivity contribution in [1.82, 2.24) is 15.5 Å². The normalized spacial score (nSPS) is 25.8. The van der Waals surface area contributed by atoms with Crippen molar-refractivity contribution in [3.8, 4) is 0 Å². The van der Waals surface area contributed by atoms with E-state index in [9.17, 15) is 4.79 Å². The molecule has 2 heterocycles. The van der Waals surface area contributed by atoms with Gasteiger partial charge in [-0.2, -0.15) is 5.10 Å². The SMILES string of the molecule is CNC1COCC(C)N(c2cccnn2)C1=O. The highest BCUT2D eigenvalue weighted by Gasteiger charge is 2.32. The van der Waals surface area contributed by atoms with Gasteiger partial charge in [0.05, 0.1) is 19.3 Å². The molecule has 6 heteroatoms. The smallest absolute Gasteiger partial charge is 0.248 e. The summed E-state index contributed by atoms with van der Waals surface area (Å²) < 4.78 is 5.46. The molecule has 2 unspecified atom stereocenters. The van der Waals surface area contributed by atoms with E-state index in [0.717, 1.165) is 0 Å². The molecule has 17 heavy (non-hydrogen) atoms. The van der Waals surface area contributed by atoms with Gasteiger partial charge in [-0.3, -0.25) is 9.69 Å². The van der Waals surface area contributed by atoms with Crippen LogP contribution in [0.3, 0.4) is 0 Å². The van der Waals surface area contributed by atoms with Gasteiger partial charge in [-0.05, 0) is 26.1 Å². The van der Waals surface area contributed by atoms with E-state index in [2.05, 4.69) is 15.5 Å². The highest BCUT2D eigenvalue weighted by Crippen LogP contribution is 2.17. The summed E-state index contributed by atoms with van der Waals surface area (Å²) in [5.41, 5.74) is 0. The van der Waals surface area contributed by atoms with Crippen LogP contribution in [-0.2, 0) is 9.53 Å². The summed E-state index contributed by atoms with van der Waals surface area (Å²) in [7, 11) is 1.75. The Kier molecular flexibility index (Phi) is 3.65. The Morgan fingerprint density at radius 3 is 3.00 bits per heavy atom. The van der Waals surface area contributed by atoms with Gasteiger partial charge in [0, 0.05) is 6.20 Å². The number of aromatic nitrogens is 2. The van der Waals surface area contributed by atoms with E-state index < -0.39 is 0 Å². The van der Waals surface area contributed by atoms with E-state index >= 15 is 0 Å². The number of anilines is 1. The van der Waals surface area contributed by atoms with Gasteiger partial charge in [-0.1, -0.05) is 0 Å². The summed E-state index contributed by atoms with van der Waals surface area (Å²) >= 11 is 0. The Balaban J connectivity index is 2.31. The van der Waals surface area contributed by atoms with Crippen molar-refractivity contribution < 1.29 is 9.53 Å². The zero-order chi connectivity index (χ0) is 12.3. The lowest BCUT2D eigenvalue weighted by Gasteiger charge is -2.26. The van der Waals surface area contributed by atoms with Crippen LogP contribution in [0.25, 0.3) is 0 Å². The first kappa shape index (κ1) is 11.9. The summed E-state index contributed by atoms with van der Waals surface area (Å²) in [5.74, 6) is 0.536. The average molecular weight is 236 g/mol. The Morgan fingerprint density at radius 2 is 2.35 bits per heavy atom. The van der Waals surface area contributed by atoms with E-state index in [1.54, 1.807) is 30.3 Å². The molecule has 2 rings (SSSR count). The Morgan fingerprint density at radius 1 is 1.53 bits per heavy atom. The number of amides is 1. The Bertz CT molecular complexity index is 384. The maximum absolute atomic E-state index is 12.3. The van der Waals surface area contributed by atoms with E-state index in [1.165, 1.54) is 0 Å². The van der Waals surface area contributed by atoms with Crippen molar-refractivity contribution in [2.75, 3.05) is 25.2 Å². The van der Waals surface area contributed by atoms with E-state index in [0.29, 0.717) is 19.0 Å². The first-order valence-corrected chi connectivity index (χ1v) is 5.60. The van der Waals surface area contributed by atoms with Crippen LogP contribution < -0.4 is 10.2 Å². The summed E-state index contributed by atoms with van der Waals surface area (Å²) in [6.07, 6.45) is 1.59. The van der Waals surface area contributed by atoms with Crippen LogP contribution in [0.4, 0.5) is 5.82 Å². The van der Waals surface area contributed by atoms with Crippen LogP contribution >= 0.6 is 0 Å². The van der Waals surface area contributed by atoms with Crippen LogP contribution in [0.5, 0.6) is 0 Å². The molecule has 0 aliphatic carbocycles. The largest absolute Gasteiger partial charge is 0.377 e. The second-order valence-electron chi connectivity index (χ2n) is 4.02. The molecule has 1 aliphatic heterocycles. The van der Waals surface area contributed by atoms with Crippen molar-refractivity contribution >= 4 is 11.7 Å². The third-order valence-electron chi connectivity index (χ3n) is 2.77. The van der Waals surface area contributed by atoms with Gasteiger partial charge in [0.1, 0.15) is 6.04 Å². The molecular formula is C11H16N4O2. The Labute approximate surface area is 100.0 Å². The zero-order valence-electron chi connectivity index (χ0n) is 9.96. The minimum atomic E-state index is -0.332. The topological polar surface area (TPSA) is 67.3 Å². The van der Waals surface area contributed by atoms with Crippen LogP contribution in [0, 0.1) is 0 Å². The van der Waals surface area contributed by atoms with Crippen molar-refractivity contribution in [3.05, 3.63) is 18.3 Å². The molecule has 1 N–H and O–H groups in total. The number of hydrogen-bond acceptors (Lipinski definition) is 5. The monoisotopic (exact) mass is 236 g/mol. The molecular weight excluding hydrogens is 220 g/mol. The minimum Gasteiger partial charge on any atom is -0.377 e. The number of likely N-dealkylation sites (N-methyl/N-ethyl adjacent to an activating group) is 1. The van der Waals surface area contributed by atoms with Crippen LogP contribution in [0.15, 0.2) is 18.3 Å². The highest BCUT2D eigenvalue weighted by molar-refractivity contribution is 5.97. The number of rotatable bonds is 2. The number of hydrogen-bond donors (Lipinski definition) is 1. The van der Waals surface area contributed by atoms with Gasteiger partial charge in [0.2, 0.25) is 5.91 Å². The number of carbonyl (C=O) groups is 1. The summed E-state index contributed by atoms with van der Waals surface area (Å²) in [6, 6.07) is 3.17. The van der Waals surface area contributed by atoms with Crippen LogP contribution in [0.2, 0.25) is 0 Å². The van der Waals surface area contributed by atoms with E-state index in [-0.39, 0.29) is 18.0 Å². The van der Waals surface area contributed by atoms with E-state index in [4.69, 9.17) is 4.74 Å². The molecule has 92 valence electrons. The third-order valence-corrected chi connectivity index (χ3v) is 2.77. The number of nitrogens with one attached hydrogen (secondary N) is 1. The van der Waals surface area contributed by atoms with Gasteiger partial charge in [-0.25, -0.2) is 0 Å². The highest BCUT2D eigenvalue weighted by atomic mass is 16.5. The van der Waals surface area contributed by atoms with Crippen molar-refractivity contribution in [2.24, 2.45) is 0 Å². The summed E-state index contributed by atoms with van der Waals surface area (Å²) in [4.78, 5) is 13.9. The number of carbonyl (C=O) groups excluding carboxylic acids is 1. The maximum atomic E-state index is 12.3. The molecule has 0 spiro atoms.